The van der Waals surface area contributed by atoms with E-state index in [-0.39, 0.29) is 25.0 Å². The van der Waals surface area contributed by atoms with Crippen LogP contribution in [0.2, 0.25) is 0 Å². The van der Waals surface area contributed by atoms with Crippen molar-refractivity contribution in [1.29, 1.82) is 0 Å². The molecule has 0 aliphatic carbocycles. The Labute approximate surface area is 113 Å². The maximum Gasteiger partial charge on any atom is 0.200 e. The fraction of sp³-hybridized carbons (Fsp3) is 0.538. The van der Waals surface area contributed by atoms with Crippen LogP contribution in [0.25, 0.3) is 0 Å². The molecule has 7 heteroatoms. The first-order valence-electron chi connectivity index (χ1n) is 6.32. The van der Waals surface area contributed by atoms with Gasteiger partial charge in [-0.2, -0.15) is 0 Å². The van der Waals surface area contributed by atoms with Crippen LogP contribution in [0, 0.1) is 35.0 Å². The van der Waals surface area contributed by atoms with E-state index in [2.05, 4.69) is 5.32 Å². The second-order valence-corrected chi connectivity index (χ2v) is 5.03. The quantitative estimate of drug-likeness (QED) is 0.512. The summed E-state index contributed by atoms with van der Waals surface area (Å²) in [4.78, 5) is 1.22. The highest BCUT2D eigenvalue weighted by molar-refractivity contribution is 5.51. The normalized spacial score (nSPS) is 23.2. The SMILES string of the molecule is CNC1CCN(c2c(F)c(F)c(F)c(F)c2F)CC1C. The average molecular weight is 294 g/mol. The van der Waals surface area contributed by atoms with Crippen molar-refractivity contribution in [2.45, 2.75) is 19.4 Å². The van der Waals surface area contributed by atoms with E-state index in [4.69, 9.17) is 0 Å². The highest BCUT2D eigenvalue weighted by atomic mass is 19.2. The molecule has 1 saturated heterocycles. The Morgan fingerprint density at radius 1 is 0.950 bits per heavy atom. The molecule has 0 bridgehead atoms. The third kappa shape index (κ3) is 2.34. The second kappa shape index (κ2) is 5.55. The van der Waals surface area contributed by atoms with Crippen molar-refractivity contribution in [2.24, 2.45) is 5.92 Å². The Morgan fingerprint density at radius 2 is 1.45 bits per heavy atom. The fourth-order valence-electron chi connectivity index (χ4n) is 2.65. The van der Waals surface area contributed by atoms with Gasteiger partial charge in [-0.1, -0.05) is 6.92 Å². The highest BCUT2D eigenvalue weighted by Gasteiger charge is 2.33. The van der Waals surface area contributed by atoms with Crippen molar-refractivity contribution in [3.05, 3.63) is 29.1 Å². The smallest absolute Gasteiger partial charge is 0.200 e. The zero-order chi connectivity index (χ0) is 15.0. The summed E-state index contributed by atoms with van der Waals surface area (Å²) in [5.74, 6) is -9.43. The van der Waals surface area contributed by atoms with Gasteiger partial charge in [0.2, 0.25) is 5.82 Å². The van der Waals surface area contributed by atoms with Crippen molar-refractivity contribution in [1.82, 2.24) is 5.32 Å². The molecule has 20 heavy (non-hydrogen) atoms. The van der Waals surface area contributed by atoms with E-state index in [1.807, 2.05) is 6.92 Å². The molecule has 1 aliphatic heterocycles. The number of halogens is 5. The van der Waals surface area contributed by atoms with E-state index in [1.165, 1.54) is 4.90 Å². The van der Waals surface area contributed by atoms with E-state index in [1.54, 1.807) is 7.05 Å². The predicted molar refractivity (Wildman–Crippen MR) is 65.1 cm³/mol. The number of benzene rings is 1. The Balaban J connectivity index is 2.39. The number of hydrogen-bond acceptors (Lipinski definition) is 2. The number of anilines is 1. The van der Waals surface area contributed by atoms with Crippen molar-refractivity contribution in [3.63, 3.8) is 0 Å². The first-order valence-corrected chi connectivity index (χ1v) is 6.32. The van der Waals surface area contributed by atoms with E-state index < -0.39 is 34.8 Å². The van der Waals surface area contributed by atoms with Gasteiger partial charge in [0.25, 0.3) is 0 Å². The van der Waals surface area contributed by atoms with Crippen molar-refractivity contribution in [3.8, 4) is 0 Å². The molecule has 1 aliphatic rings. The van der Waals surface area contributed by atoms with Crippen molar-refractivity contribution in [2.75, 3.05) is 25.0 Å². The van der Waals surface area contributed by atoms with E-state index >= 15 is 0 Å². The summed E-state index contributed by atoms with van der Waals surface area (Å²) in [5, 5.41) is 3.06. The third-order valence-corrected chi connectivity index (χ3v) is 3.78. The van der Waals surface area contributed by atoms with Crippen LogP contribution in [0.4, 0.5) is 27.6 Å². The highest BCUT2D eigenvalue weighted by Crippen LogP contribution is 2.32. The van der Waals surface area contributed by atoms with Gasteiger partial charge < -0.3 is 10.2 Å². The maximum absolute atomic E-state index is 13.7. The lowest BCUT2D eigenvalue weighted by Gasteiger charge is -2.38. The lowest BCUT2D eigenvalue weighted by molar-refractivity contribution is 0.328. The first-order chi connectivity index (χ1) is 9.38. The van der Waals surface area contributed by atoms with E-state index in [9.17, 15) is 22.0 Å². The zero-order valence-corrected chi connectivity index (χ0v) is 11.1. The Kier molecular flexibility index (Phi) is 4.17. The van der Waals surface area contributed by atoms with Gasteiger partial charge in [0.1, 0.15) is 5.69 Å². The summed E-state index contributed by atoms with van der Waals surface area (Å²) >= 11 is 0. The van der Waals surface area contributed by atoms with Gasteiger partial charge in [-0.3, -0.25) is 0 Å². The van der Waals surface area contributed by atoms with Crippen LogP contribution >= 0.6 is 0 Å². The lowest BCUT2D eigenvalue weighted by atomic mass is 9.93. The third-order valence-electron chi connectivity index (χ3n) is 3.78. The molecule has 0 radical (unpaired) electrons. The molecule has 112 valence electrons. The molecule has 1 fully saturated rings. The monoisotopic (exact) mass is 294 g/mol. The minimum absolute atomic E-state index is 0.0312. The van der Waals surface area contributed by atoms with Crippen LogP contribution in [-0.4, -0.2) is 26.2 Å². The van der Waals surface area contributed by atoms with Gasteiger partial charge >= 0.3 is 0 Å². The summed E-state index contributed by atoms with van der Waals surface area (Å²) in [7, 11) is 1.77. The number of nitrogens with zero attached hydrogens (tertiary/aromatic N) is 1. The summed E-state index contributed by atoms with van der Waals surface area (Å²) < 4.78 is 66.8. The molecule has 1 aromatic carbocycles. The summed E-state index contributed by atoms with van der Waals surface area (Å²) in [6.07, 6.45) is 0.567. The molecule has 0 saturated carbocycles. The van der Waals surface area contributed by atoms with Crippen LogP contribution in [0.15, 0.2) is 0 Å². The standard InChI is InChI=1S/C13H15F5N2/c1-6-5-20(4-3-7(6)19-2)13-11(17)9(15)8(14)10(16)12(13)18/h6-7,19H,3-5H2,1-2H3. The Bertz CT molecular complexity index is 491. The van der Waals surface area contributed by atoms with Crippen LogP contribution in [0.5, 0.6) is 0 Å². The Hall–Kier alpha value is -1.37. The molecule has 0 amide bonds. The zero-order valence-electron chi connectivity index (χ0n) is 11.1. The van der Waals surface area contributed by atoms with Gasteiger partial charge in [-0.15, -0.1) is 0 Å². The minimum atomic E-state index is -2.12. The van der Waals surface area contributed by atoms with E-state index in [0.29, 0.717) is 6.42 Å². The molecule has 0 aromatic heterocycles. The molecular weight excluding hydrogens is 279 g/mol. The topological polar surface area (TPSA) is 15.3 Å². The number of piperidine rings is 1. The van der Waals surface area contributed by atoms with E-state index in [0.717, 1.165) is 0 Å². The van der Waals surface area contributed by atoms with Gasteiger partial charge in [0, 0.05) is 19.1 Å². The predicted octanol–water partition coefficient (Wildman–Crippen LogP) is 2.82. The van der Waals surface area contributed by atoms with Crippen LogP contribution in [-0.2, 0) is 0 Å². The van der Waals surface area contributed by atoms with Crippen molar-refractivity contribution >= 4 is 5.69 Å². The van der Waals surface area contributed by atoms with Gasteiger partial charge in [-0.05, 0) is 19.4 Å². The molecule has 1 aromatic rings. The minimum Gasteiger partial charge on any atom is -0.366 e. The number of rotatable bonds is 2. The van der Waals surface area contributed by atoms with Crippen LogP contribution in [0.3, 0.4) is 0 Å². The molecule has 1 heterocycles. The molecule has 2 atom stereocenters. The van der Waals surface area contributed by atoms with Crippen LogP contribution < -0.4 is 10.2 Å². The number of hydrogen-bond donors (Lipinski definition) is 1. The van der Waals surface area contributed by atoms with Crippen molar-refractivity contribution < 1.29 is 22.0 Å². The lowest BCUT2D eigenvalue weighted by Crippen LogP contribution is -2.48. The Morgan fingerprint density at radius 3 is 1.90 bits per heavy atom. The summed E-state index contributed by atoms with van der Waals surface area (Å²) in [6.45, 7) is 2.32. The maximum atomic E-state index is 13.7. The van der Waals surface area contributed by atoms with Crippen LogP contribution in [0.1, 0.15) is 13.3 Å². The molecule has 2 unspecified atom stereocenters. The molecule has 2 rings (SSSR count). The molecule has 1 N–H and O–H groups in total. The fourth-order valence-corrected chi connectivity index (χ4v) is 2.65. The summed E-state index contributed by atoms with van der Waals surface area (Å²) in [5.41, 5.74) is -0.831. The number of nitrogens with one attached hydrogen (secondary N) is 1. The average Bonchev–Trinajstić information content (AvgIpc) is 2.43. The second-order valence-electron chi connectivity index (χ2n) is 5.03. The largest absolute Gasteiger partial charge is 0.366 e. The van der Waals surface area contributed by atoms with Gasteiger partial charge in [-0.25, -0.2) is 22.0 Å². The molecule has 2 nitrogen and oxygen atoms in total. The van der Waals surface area contributed by atoms with Gasteiger partial charge in [0.05, 0.1) is 0 Å². The molecule has 0 spiro atoms. The molecular formula is C13H15F5N2. The van der Waals surface area contributed by atoms with Gasteiger partial charge in [0.15, 0.2) is 23.3 Å². The first kappa shape index (κ1) is 15.0. The summed E-state index contributed by atoms with van der Waals surface area (Å²) in [6, 6.07) is 0.160.